The van der Waals surface area contributed by atoms with Gasteiger partial charge in [0.2, 0.25) is 11.8 Å². The molecule has 1 atom stereocenters. The molecule has 9 nitrogen and oxygen atoms in total. The van der Waals surface area contributed by atoms with Gasteiger partial charge in [0.25, 0.3) is 0 Å². The first-order valence-electron chi connectivity index (χ1n) is 9.41. The van der Waals surface area contributed by atoms with E-state index in [0.717, 1.165) is 16.5 Å². The van der Waals surface area contributed by atoms with E-state index in [1.165, 1.54) is 11.3 Å². The minimum atomic E-state index is -0.266. The summed E-state index contributed by atoms with van der Waals surface area (Å²) in [4.78, 5) is 27.6. The number of amides is 1. The van der Waals surface area contributed by atoms with E-state index in [1.807, 2.05) is 35.4 Å². The summed E-state index contributed by atoms with van der Waals surface area (Å²) in [6, 6.07) is 5.73. The molecule has 0 saturated carbocycles. The minimum Gasteiger partial charge on any atom is -0.368 e. The number of nitrogens with zero attached hydrogens (tertiary/aromatic N) is 5. The van der Waals surface area contributed by atoms with Crippen LogP contribution in [-0.4, -0.2) is 50.6 Å². The van der Waals surface area contributed by atoms with E-state index < -0.39 is 0 Å². The molecular formula is C19H22N6O3S. The number of morpholine rings is 1. The minimum absolute atomic E-state index is 0.0432. The van der Waals surface area contributed by atoms with Crippen LogP contribution < -0.4 is 5.32 Å². The average Bonchev–Trinajstić information content (AvgIpc) is 3.34. The van der Waals surface area contributed by atoms with Gasteiger partial charge in [0.1, 0.15) is 11.9 Å². The summed E-state index contributed by atoms with van der Waals surface area (Å²) in [6.45, 7) is 5.21. The summed E-state index contributed by atoms with van der Waals surface area (Å²) in [6.07, 6.45) is 0.498. The number of rotatable bonds is 6. The van der Waals surface area contributed by atoms with Gasteiger partial charge in [0.05, 0.1) is 24.5 Å². The molecule has 3 aromatic heterocycles. The van der Waals surface area contributed by atoms with Crippen LogP contribution in [0.15, 0.2) is 28.1 Å². The van der Waals surface area contributed by atoms with Crippen molar-refractivity contribution in [3.8, 4) is 0 Å². The van der Waals surface area contributed by atoms with Crippen LogP contribution in [0.2, 0.25) is 0 Å². The van der Waals surface area contributed by atoms with Crippen LogP contribution in [0.25, 0.3) is 0 Å². The maximum absolute atomic E-state index is 12.6. The maximum atomic E-state index is 12.6. The molecule has 4 rings (SSSR count). The van der Waals surface area contributed by atoms with E-state index in [-0.39, 0.29) is 12.0 Å². The Bertz CT molecular complexity index is 988. The normalized spacial score (nSPS) is 16.8. The SMILES string of the molecule is Cc1csc(Nc2cccc(C3CN(C(=O)CCc4nc(C)no4)CCO3)n2)n1. The van der Waals surface area contributed by atoms with Crippen LogP contribution in [0.5, 0.6) is 0 Å². The highest BCUT2D eigenvalue weighted by molar-refractivity contribution is 7.13. The van der Waals surface area contributed by atoms with E-state index >= 15 is 0 Å². The molecular weight excluding hydrogens is 392 g/mol. The number of carbonyl (C=O) groups is 1. The van der Waals surface area contributed by atoms with Crippen molar-refractivity contribution in [1.82, 2.24) is 25.0 Å². The Balaban J connectivity index is 1.37. The monoisotopic (exact) mass is 414 g/mol. The van der Waals surface area contributed by atoms with E-state index in [9.17, 15) is 4.79 Å². The second kappa shape index (κ2) is 8.66. The summed E-state index contributed by atoms with van der Waals surface area (Å²) >= 11 is 1.53. The smallest absolute Gasteiger partial charge is 0.227 e. The third kappa shape index (κ3) is 4.96. The number of ether oxygens (including phenoxy) is 1. The molecule has 0 radical (unpaired) electrons. The molecule has 1 saturated heterocycles. The third-order valence-electron chi connectivity index (χ3n) is 4.50. The molecule has 0 bridgehead atoms. The lowest BCUT2D eigenvalue weighted by molar-refractivity contribution is -0.139. The zero-order valence-electron chi connectivity index (χ0n) is 16.3. The highest BCUT2D eigenvalue weighted by Crippen LogP contribution is 2.24. The molecule has 1 N–H and O–H groups in total. The van der Waals surface area contributed by atoms with Gasteiger partial charge in [-0.3, -0.25) is 4.79 Å². The van der Waals surface area contributed by atoms with Crippen molar-refractivity contribution in [3.63, 3.8) is 0 Å². The van der Waals surface area contributed by atoms with Crippen molar-refractivity contribution in [1.29, 1.82) is 0 Å². The van der Waals surface area contributed by atoms with Crippen molar-refractivity contribution in [3.05, 3.63) is 46.7 Å². The summed E-state index contributed by atoms with van der Waals surface area (Å²) in [7, 11) is 0. The van der Waals surface area contributed by atoms with Crippen molar-refractivity contribution in [2.24, 2.45) is 0 Å². The second-order valence-corrected chi connectivity index (χ2v) is 7.66. The first-order valence-corrected chi connectivity index (χ1v) is 10.3. The number of aryl methyl sites for hydroxylation is 3. The second-order valence-electron chi connectivity index (χ2n) is 6.80. The molecule has 1 unspecified atom stereocenters. The van der Waals surface area contributed by atoms with Gasteiger partial charge in [-0.15, -0.1) is 11.3 Å². The quantitative estimate of drug-likeness (QED) is 0.656. The molecule has 4 heterocycles. The Kier molecular flexibility index (Phi) is 5.81. The van der Waals surface area contributed by atoms with Gasteiger partial charge in [-0.1, -0.05) is 11.2 Å². The number of hydrogen-bond acceptors (Lipinski definition) is 9. The lowest BCUT2D eigenvalue weighted by atomic mass is 10.1. The first-order chi connectivity index (χ1) is 14.1. The lowest BCUT2D eigenvalue weighted by Crippen LogP contribution is -2.42. The Hall–Kier alpha value is -2.85. The Labute approximate surface area is 172 Å². The molecule has 0 spiro atoms. The van der Waals surface area contributed by atoms with Crippen LogP contribution in [0.4, 0.5) is 10.9 Å². The molecule has 3 aromatic rings. The number of anilines is 2. The predicted molar refractivity (Wildman–Crippen MR) is 107 cm³/mol. The lowest BCUT2D eigenvalue weighted by Gasteiger charge is -2.32. The number of thiazole rings is 1. The Morgan fingerprint density at radius 2 is 2.21 bits per heavy atom. The molecule has 1 aliphatic heterocycles. The van der Waals surface area contributed by atoms with Crippen LogP contribution in [-0.2, 0) is 16.0 Å². The summed E-state index contributed by atoms with van der Waals surface area (Å²) in [5.74, 6) is 1.81. The van der Waals surface area contributed by atoms with Crippen molar-refractivity contribution >= 4 is 28.2 Å². The van der Waals surface area contributed by atoms with E-state index in [1.54, 1.807) is 6.92 Å². The maximum Gasteiger partial charge on any atom is 0.227 e. The standard InChI is InChI=1S/C19H22N6O3S/c1-12-11-29-19(20-12)23-16-5-3-4-14(22-16)15-10-25(8-9-27-15)18(26)7-6-17-21-13(2)24-28-17/h3-5,11,15H,6-10H2,1-2H3,(H,20,22,23). The van der Waals surface area contributed by atoms with E-state index in [2.05, 4.69) is 25.4 Å². The zero-order valence-corrected chi connectivity index (χ0v) is 17.1. The van der Waals surface area contributed by atoms with Crippen molar-refractivity contribution in [2.75, 3.05) is 25.0 Å². The van der Waals surface area contributed by atoms with Gasteiger partial charge in [-0.05, 0) is 26.0 Å². The van der Waals surface area contributed by atoms with Gasteiger partial charge < -0.3 is 19.5 Å². The number of nitrogens with one attached hydrogen (secondary N) is 1. The fourth-order valence-electron chi connectivity index (χ4n) is 3.09. The van der Waals surface area contributed by atoms with Gasteiger partial charge >= 0.3 is 0 Å². The largest absolute Gasteiger partial charge is 0.368 e. The van der Waals surface area contributed by atoms with Crippen LogP contribution in [0.1, 0.15) is 35.6 Å². The van der Waals surface area contributed by atoms with Crippen LogP contribution >= 0.6 is 11.3 Å². The molecule has 0 aliphatic carbocycles. The third-order valence-corrected chi connectivity index (χ3v) is 5.37. The molecule has 152 valence electrons. The average molecular weight is 414 g/mol. The van der Waals surface area contributed by atoms with Crippen LogP contribution in [0, 0.1) is 13.8 Å². The van der Waals surface area contributed by atoms with Gasteiger partial charge in [0, 0.05) is 24.8 Å². The fourth-order valence-corrected chi connectivity index (χ4v) is 3.78. The number of aromatic nitrogens is 4. The molecule has 29 heavy (non-hydrogen) atoms. The number of carbonyl (C=O) groups excluding carboxylic acids is 1. The first kappa shape index (κ1) is 19.5. The molecule has 10 heteroatoms. The molecule has 1 fully saturated rings. The topological polar surface area (TPSA) is 106 Å². The van der Waals surface area contributed by atoms with Gasteiger partial charge in [0.15, 0.2) is 11.0 Å². The van der Waals surface area contributed by atoms with E-state index in [4.69, 9.17) is 9.26 Å². The molecule has 1 amide bonds. The molecule has 1 aliphatic rings. The van der Waals surface area contributed by atoms with Crippen LogP contribution in [0.3, 0.4) is 0 Å². The molecule has 0 aromatic carbocycles. The summed E-state index contributed by atoms with van der Waals surface area (Å²) in [5, 5.41) is 9.74. The predicted octanol–water partition coefficient (Wildman–Crippen LogP) is 2.81. The summed E-state index contributed by atoms with van der Waals surface area (Å²) < 4.78 is 11.0. The Morgan fingerprint density at radius 1 is 1.31 bits per heavy atom. The zero-order chi connectivity index (χ0) is 20.2. The summed E-state index contributed by atoms with van der Waals surface area (Å²) in [5.41, 5.74) is 1.75. The van der Waals surface area contributed by atoms with E-state index in [0.29, 0.717) is 50.1 Å². The number of hydrogen-bond donors (Lipinski definition) is 1. The number of pyridine rings is 1. The Morgan fingerprint density at radius 3 is 2.97 bits per heavy atom. The van der Waals surface area contributed by atoms with Gasteiger partial charge in [-0.2, -0.15) is 4.98 Å². The highest BCUT2D eigenvalue weighted by atomic mass is 32.1. The fraction of sp³-hybridized carbons (Fsp3) is 0.421. The van der Waals surface area contributed by atoms with Crippen molar-refractivity contribution < 1.29 is 14.1 Å². The highest BCUT2D eigenvalue weighted by Gasteiger charge is 2.26. The van der Waals surface area contributed by atoms with Crippen molar-refractivity contribution in [2.45, 2.75) is 32.8 Å². The van der Waals surface area contributed by atoms with Gasteiger partial charge in [-0.25, -0.2) is 9.97 Å².